The number of benzene rings is 2. The van der Waals surface area contributed by atoms with Crippen molar-refractivity contribution >= 4 is 11.3 Å². The predicted molar refractivity (Wildman–Crippen MR) is 118 cm³/mol. The van der Waals surface area contributed by atoms with E-state index >= 15 is 0 Å². The van der Waals surface area contributed by atoms with Crippen molar-refractivity contribution in [3.8, 4) is 11.1 Å². The number of nitrogens with zero attached hydrogens (tertiary/aromatic N) is 1. The lowest BCUT2D eigenvalue weighted by molar-refractivity contribution is 0.590. The summed E-state index contributed by atoms with van der Waals surface area (Å²) in [6, 6.07) is 11.0. The van der Waals surface area contributed by atoms with Crippen LogP contribution in [0.5, 0.6) is 0 Å². The summed E-state index contributed by atoms with van der Waals surface area (Å²) in [5.74, 6) is 0. The molecule has 0 bridgehead atoms. The fourth-order valence-electron chi connectivity index (χ4n) is 3.32. The maximum absolute atomic E-state index is 4.24. The van der Waals surface area contributed by atoms with Crippen LogP contribution in [0.1, 0.15) is 43.0 Å². The Bertz CT molecular complexity index is 842. The fraction of sp³-hybridized carbons (Fsp3) is 0.280. The van der Waals surface area contributed by atoms with Gasteiger partial charge in [0.15, 0.2) is 0 Å². The zero-order chi connectivity index (χ0) is 19.6. The molecule has 0 saturated carbocycles. The molecule has 0 N–H and O–H groups in total. The first-order valence-electron chi connectivity index (χ1n) is 9.04. The van der Waals surface area contributed by atoms with E-state index < -0.39 is 0 Å². The standard InChI is InChI=1S/C25H31N/c1-10-17(3)21-15-20(25(6,7)8)16-22(24(21)26(9)11-2)23-18(4)13-12-14-19(23)5/h10-16H,1-3H2,4-9H3. The Morgan fingerprint density at radius 1 is 1.04 bits per heavy atom. The van der Waals surface area contributed by atoms with Crippen LogP contribution in [0.2, 0.25) is 0 Å². The Morgan fingerprint density at radius 3 is 2.08 bits per heavy atom. The molecule has 0 unspecified atom stereocenters. The summed E-state index contributed by atoms with van der Waals surface area (Å²) in [6.07, 6.45) is 3.68. The van der Waals surface area contributed by atoms with Crippen LogP contribution in [0.15, 0.2) is 62.3 Å². The highest BCUT2D eigenvalue weighted by atomic mass is 15.1. The highest BCUT2D eigenvalue weighted by Gasteiger charge is 2.23. The summed E-state index contributed by atoms with van der Waals surface area (Å²) in [4.78, 5) is 2.08. The second-order valence-corrected chi connectivity index (χ2v) is 7.96. The molecule has 0 aliphatic carbocycles. The minimum Gasteiger partial charge on any atom is -0.351 e. The van der Waals surface area contributed by atoms with Crippen LogP contribution in [-0.2, 0) is 5.41 Å². The second-order valence-electron chi connectivity index (χ2n) is 7.96. The van der Waals surface area contributed by atoms with E-state index in [4.69, 9.17) is 0 Å². The van der Waals surface area contributed by atoms with Gasteiger partial charge in [0.1, 0.15) is 0 Å². The smallest absolute Gasteiger partial charge is 0.0562 e. The van der Waals surface area contributed by atoms with Crippen molar-refractivity contribution in [2.24, 2.45) is 0 Å². The molecule has 1 heteroatoms. The van der Waals surface area contributed by atoms with Gasteiger partial charge in [-0.2, -0.15) is 0 Å². The van der Waals surface area contributed by atoms with Crippen LogP contribution in [0, 0.1) is 13.8 Å². The highest BCUT2D eigenvalue weighted by Crippen LogP contribution is 2.42. The van der Waals surface area contributed by atoms with Crippen LogP contribution in [-0.4, -0.2) is 7.05 Å². The molecule has 0 aromatic heterocycles. The Labute approximate surface area is 159 Å². The molecular formula is C25H31N. The normalized spacial score (nSPS) is 11.2. The van der Waals surface area contributed by atoms with Crippen LogP contribution >= 0.6 is 0 Å². The fourth-order valence-corrected chi connectivity index (χ4v) is 3.32. The summed E-state index contributed by atoms with van der Waals surface area (Å²) in [7, 11) is 2.04. The number of aryl methyl sites for hydroxylation is 2. The lowest BCUT2D eigenvalue weighted by Gasteiger charge is -2.29. The van der Waals surface area contributed by atoms with Gasteiger partial charge in [0.2, 0.25) is 0 Å². The van der Waals surface area contributed by atoms with Gasteiger partial charge in [0.25, 0.3) is 0 Å². The van der Waals surface area contributed by atoms with Gasteiger partial charge in [-0.3, -0.25) is 0 Å². The molecule has 0 aliphatic heterocycles. The van der Waals surface area contributed by atoms with Crippen molar-refractivity contribution in [2.75, 3.05) is 11.9 Å². The molecule has 1 nitrogen and oxygen atoms in total. The van der Waals surface area contributed by atoms with Crippen LogP contribution in [0.3, 0.4) is 0 Å². The molecule has 2 aromatic rings. The largest absolute Gasteiger partial charge is 0.351 e. The molecule has 0 radical (unpaired) electrons. The van der Waals surface area contributed by atoms with E-state index in [9.17, 15) is 0 Å². The topological polar surface area (TPSA) is 3.24 Å². The minimum atomic E-state index is 0.0345. The monoisotopic (exact) mass is 345 g/mol. The molecule has 0 saturated heterocycles. The van der Waals surface area contributed by atoms with E-state index in [1.807, 2.05) is 19.3 Å². The van der Waals surface area contributed by atoms with Crippen molar-refractivity contribution in [3.05, 3.63) is 84.6 Å². The molecule has 0 fully saturated rings. The number of rotatable bonds is 5. The van der Waals surface area contributed by atoms with Crippen molar-refractivity contribution in [1.82, 2.24) is 0 Å². The maximum atomic E-state index is 4.24. The third kappa shape index (κ3) is 3.67. The zero-order valence-electron chi connectivity index (χ0n) is 17.1. The molecule has 0 amide bonds. The van der Waals surface area contributed by atoms with Crippen LogP contribution in [0.25, 0.3) is 16.7 Å². The molecule has 136 valence electrons. The minimum absolute atomic E-state index is 0.0345. The molecule has 0 heterocycles. The van der Waals surface area contributed by atoms with Gasteiger partial charge in [0, 0.05) is 18.2 Å². The Hall–Kier alpha value is -2.54. The summed E-state index contributed by atoms with van der Waals surface area (Å²) < 4.78 is 0. The number of hydrogen-bond acceptors (Lipinski definition) is 1. The molecule has 2 aromatic carbocycles. The SMILES string of the molecule is C=CC(=C)c1cc(C(C)(C)C)cc(-c2c(C)cccc2C)c1N(C)C=C. The summed E-state index contributed by atoms with van der Waals surface area (Å²) in [5, 5.41) is 0. The van der Waals surface area contributed by atoms with Crippen molar-refractivity contribution in [1.29, 1.82) is 0 Å². The molecular weight excluding hydrogens is 314 g/mol. The van der Waals surface area contributed by atoms with E-state index in [0.29, 0.717) is 0 Å². The van der Waals surface area contributed by atoms with Gasteiger partial charge in [-0.25, -0.2) is 0 Å². The molecule has 26 heavy (non-hydrogen) atoms. The first-order chi connectivity index (χ1) is 12.1. The third-order valence-corrected chi connectivity index (χ3v) is 4.95. The second kappa shape index (κ2) is 7.37. The van der Waals surface area contributed by atoms with Gasteiger partial charge < -0.3 is 4.90 Å². The van der Waals surface area contributed by atoms with E-state index in [1.54, 1.807) is 0 Å². The lowest BCUT2D eigenvalue weighted by Crippen LogP contribution is -2.16. The molecule has 0 atom stereocenters. The maximum Gasteiger partial charge on any atom is 0.0562 e. The molecule has 2 rings (SSSR count). The Kier molecular flexibility index (Phi) is 5.61. The van der Waals surface area contributed by atoms with Gasteiger partial charge in [0.05, 0.1) is 5.69 Å². The van der Waals surface area contributed by atoms with Gasteiger partial charge >= 0.3 is 0 Å². The third-order valence-electron chi connectivity index (χ3n) is 4.95. The molecule has 0 aliphatic rings. The van der Waals surface area contributed by atoms with Gasteiger partial charge in [-0.1, -0.05) is 64.8 Å². The van der Waals surface area contributed by atoms with E-state index in [1.165, 1.54) is 27.8 Å². The van der Waals surface area contributed by atoms with E-state index in [0.717, 1.165) is 16.8 Å². The summed E-state index contributed by atoms with van der Waals surface area (Å²) in [6.45, 7) is 23.3. The Morgan fingerprint density at radius 2 is 1.62 bits per heavy atom. The van der Waals surface area contributed by atoms with Gasteiger partial charge in [-0.05, 0) is 65.4 Å². The first kappa shape index (κ1) is 19.8. The van der Waals surface area contributed by atoms with Gasteiger partial charge in [-0.15, -0.1) is 0 Å². The average molecular weight is 346 g/mol. The summed E-state index contributed by atoms with van der Waals surface area (Å²) in [5.41, 5.74) is 9.50. The lowest BCUT2D eigenvalue weighted by atomic mass is 9.81. The van der Waals surface area contributed by atoms with Crippen molar-refractivity contribution < 1.29 is 0 Å². The number of hydrogen-bond donors (Lipinski definition) is 0. The highest BCUT2D eigenvalue weighted by molar-refractivity contribution is 5.93. The zero-order valence-corrected chi connectivity index (χ0v) is 17.1. The first-order valence-corrected chi connectivity index (χ1v) is 9.04. The van der Waals surface area contributed by atoms with E-state index in [2.05, 4.69) is 89.6 Å². The average Bonchev–Trinajstić information content (AvgIpc) is 2.58. The number of anilines is 1. The molecule has 0 spiro atoms. The van der Waals surface area contributed by atoms with Crippen molar-refractivity contribution in [3.63, 3.8) is 0 Å². The predicted octanol–water partition coefficient (Wildman–Crippen LogP) is 7.05. The Balaban J connectivity index is 3.02. The quantitative estimate of drug-likeness (QED) is 0.525. The van der Waals surface area contributed by atoms with Crippen LogP contribution < -0.4 is 4.90 Å². The van der Waals surface area contributed by atoms with Crippen LogP contribution in [0.4, 0.5) is 5.69 Å². The van der Waals surface area contributed by atoms with Crippen molar-refractivity contribution in [2.45, 2.75) is 40.0 Å². The number of allylic oxidation sites excluding steroid dienone is 2. The summed E-state index contributed by atoms with van der Waals surface area (Å²) >= 11 is 0. The van der Waals surface area contributed by atoms with E-state index in [-0.39, 0.29) is 5.41 Å².